The minimum atomic E-state index is 1.31. The molecule has 0 saturated carbocycles. The van der Waals surface area contributed by atoms with Crippen molar-refractivity contribution < 1.29 is 0 Å². The molecule has 5 aromatic rings. The highest BCUT2D eigenvalue weighted by molar-refractivity contribution is 6.29. The van der Waals surface area contributed by atoms with Gasteiger partial charge in [-0.1, -0.05) is 102 Å². The van der Waals surface area contributed by atoms with Gasteiger partial charge in [-0.2, -0.15) is 0 Å². The summed E-state index contributed by atoms with van der Waals surface area (Å²) in [6.07, 6.45) is 0. The van der Waals surface area contributed by atoms with Crippen LogP contribution < -0.4 is 0 Å². The highest BCUT2D eigenvalue weighted by atomic mass is 14.5. The molecular formula is C46H41. The Balaban J connectivity index is 1.62. The second-order valence-corrected chi connectivity index (χ2v) is 14.0. The zero-order valence-corrected chi connectivity index (χ0v) is 28.6. The normalized spacial score (nSPS) is 15.2. The molecule has 3 aliphatic rings. The lowest BCUT2D eigenvalue weighted by Crippen LogP contribution is -2.10. The van der Waals surface area contributed by atoms with Crippen LogP contribution in [0.15, 0.2) is 96.1 Å². The fourth-order valence-corrected chi connectivity index (χ4v) is 9.26. The highest BCUT2D eigenvalue weighted by Crippen LogP contribution is 2.67. The van der Waals surface area contributed by atoms with Crippen molar-refractivity contribution >= 4 is 22.3 Å². The molecular weight excluding hydrogens is 553 g/mol. The van der Waals surface area contributed by atoms with Gasteiger partial charge in [-0.15, -0.1) is 0 Å². The maximum atomic E-state index is 2.38. The average Bonchev–Trinajstić information content (AvgIpc) is 3.59. The summed E-state index contributed by atoms with van der Waals surface area (Å²) in [6.45, 7) is 20.5. The van der Waals surface area contributed by atoms with Gasteiger partial charge in [0, 0.05) is 0 Å². The van der Waals surface area contributed by atoms with Crippen LogP contribution in [0, 0.1) is 68.2 Å². The molecule has 0 heteroatoms. The molecule has 0 N–H and O–H groups in total. The summed E-state index contributed by atoms with van der Waals surface area (Å²) < 4.78 is 0. The Hall–Kier alpha value is -4.68. The summed E-state index contributed by atoms with van der Waals surface area (Å²) in [6, 6.07) is 32.5. The Kier molecular flexibility index (Phi) is 6.36. The summed E-state index contributed by atoms with van der Waals surface area (Å²) in [5, 5.41) is 0. The van der Waals surface area contributed by atoms with E-state index in [4.69, 9.17) is 0 Å². The van der Waals surface area contributed by atoms with E-state index in [1.165, 1.54) is 128 Å². The first-order chi connectivity index (χ1) is 22.1. The monoisotopic (exact) mass is 593 g/mol. The van der Waals surface area contributed by atoms with Crippen molar-refractivity contribution in [1.82, 2.24) is 0 Å². The van der Waals surface area contributed by atoms with Crippen LogP contribution in [-0.4, -0.2) is 0 Å². The van der Waals surface area contributed by atoms with E-state index in [2.05, 4.69) is 147 Å². The SMILES string of the molecule is Cc1cc(C)c([C]2C3=C(c4c(C)cc(C)cc4C)c4ccccc4C3=C3C2=C(c2c(C)cc(C)cc2C)c2ccccc23)c(C)c1. The Morgan fingerprint density at radius 1 is 0.283 bits per heavy atom. The molecule has 8 rings (SSSR count). The first kappa shape index (κ1) is 28.8. The van der Waals surface area contributed by atoms with Crippen LogP contribution in [0.2, 0.25) is 0 Å². The van der Waals surface area contributed by atoms with Crippen LogP contribution in [-0.2, 0) is 0 Å². The van der Waals surface area contributed by atoms with Gasteiger partial charge in [-0.05, 0) is 168 Å². The topological polar surface area (TPSA) is 0 Å². The second-order valence-electron chi connectivity index (χ2n) is 14.0. The zero-order valence-electron chi connectivity index (χ0n) is 28.6. The number of aryl methyl sites for hydroxylation is 9. The standard InChI is InChI=1S/C46H41/c1-24-18-27(4)37(28(5)19-24)40-33-14-10-12-16-35(33)42-43-36-17-13-11-15-34(36)41(38-29(6)20-25(2)21-30(38)7)46(43)44(45(40)42)39-31(8)22-26(3)23-32(39)9/h10-23H,1-9H3. The predicted molar refractivity (Wildman–Crippen MR) is 196 cm³/mol. The van der Waals surface area contributed by atoms with Crippen molar-refractivity contribution in [1.29, 1.82) is 0 Å². The van der Waals surface area contributed by atoms with E-state index in [9.17, 15) is 0 Å². The van der Waals surface area contributed by atoms with Crippen LogP contribution in [0.4, 0.5) is 0 Å². The second kappa shape index (κ2) is 10.2. The molecule has 0 nitrogen and oxygen atoms in total. The summed E-state index contributed by atoms with van der Waals surface area (Å²) in [5.74, 6) is 1.40. The van der Waals surface area contributed by atoms with Crippen LogP contribution in [0.5, 0.6) is 0 Å². The molecule has 0 aromatic heterocycles. The number of benzene rings is 5. The van der Waals surface area contributed by atoms with E-state index < -0.39 is 0 Å². The van der Waals surface area contributed by atoms with Crippen molar-refractivity contribution in [3.63, 3.8) is 0 Å². The largest absolute Gasteiger partial charge is 0.0660 e. The van der Waals surface area contributed by atoms with Gasteiger partial charge in [0.25, 0.3) is 0 Å². The van der Waals surface area contributed by atoms with Gasteiger partial charge in [0.1, 0.15) is 0 Å². The summed E-state index contributed by atoms with van der Waals surface area (Å²) in [5.41, 5.74) is 29.9. The van der Waals surface area contributed by atoms with Gasteiger partial charge >= 0.3 is 0 Å². The Bertz CT molecular complexity index is 2070. The van der Waals surface area contributed by atoms with E-state index in [-0.39, 0.29) is 0 Å². The van der Waals surface area contributed by atoms with Crippen molar-refractivity contribution in [2.45, 2.75) is 62.3 Å². The van der Waals surface area contributed by atoms with E-state index in [1.54, 1.807) is 0 Å². The Morgan fingerprint density at radius 2 is 0.543 bits per heavy atom. The molecule has 0 spiro atoms. The third-order valence-electron chi connectivity index (χ3n) is 10.5. The molecule has 0 atom stereocenters. The number of fused-ring (bicyclic) bond motifs is 6. The first-order valence-electron chi connectivity index (χ1n) is 16.6. The third-order valence-corrected chi connectivity index (χ3v) is 10.5. The summed E-state index contributed by atoms with van der Waals surface area (Å²) in [7, 11) is 0. The van der Waals surface area contributed by atoms with Crippen LogP contribution in [0.1, 0.15) is 89.0 Å². The van der Waals surface area contributed by atoms with Crippen molar-refractivity contribution in [2.24, 2.45) is 0 Å². The molecule has 5 aromatic carbocycles. The number of hydrogen-bond acceptors (Lipinski definition) is 0. The van der Waals surface area contributed by atoms with E-state index in [1.807, 2.05) is 0 Å². The quantitative estimate of drug-likeness (QED) is 0.195. The fourth-order valence-electron chi connectivity index (χ4n) is 9.26. The smallest absolute Gasteiger partial charge is 0.0616 e. The van der Waals surface area contributed by atoms with Crippen LogP contribution >= 0.6 is 0 Å². The molecule has 0 amide bonds. The molecule has 0 aliphatic heterocycles. The van der Waals surface area contributed by atoms with Gasteiger partial charge in [-0.3, -0.25) is 0 Å². The third kappa shape index (κ3) is 3.92. The predicted octanol–water partition coefficient (Wildman–Crippen LogP) is 11.6. The molecule has 46 heavy (non-hydrogen) atoms. The minimum Gasteiger partial charge on any atom is -0.0616 e. The molecule has 3 aliphatic carbocycles. The average molecular weight is 594 g/mol. The van der Waals surface area contributed by atoms with Gasteiger partial charge in [0.15, 0.2) is 0 Å². The zero-order chi connectivity index (χ0) is 32.2. The molecule has 0 bridgehead atoms. The van der Waals surface area contributed by atoms with Crippen molar-refractivity contribution in [3.05, 3.63) is 191 Å². The van der Waals surface area contributed by atoms with Gasteiger partial charge < -0.3 is 0 Å². The Labute approximate surface area is 274 Å². The number of hydrogen-bond donors (Lipinski definition) is 0. The number of rotatable bonds is 3. The van der Waals surface area contributed by atoms with Gasteiger partial charge in [0.05, 0.1) is 5.92 Å². The summed E-state index contributed by atoms with van der Waals surface area (Å²) >= 11 is 0. The maximum absolute atomic E-state index is 2.38. The maximum Gasteiger partial charge on any atom is 0.0660 e. The van der Waals surface area contributed by atoms with E-state index in [0.717, 1.165) is 0 Å². The number of allylic oxidation sites excluding steroid dienone is 4. The van der Waals surface area contributed by atoms with E-state index >= 15 is 0 Å². The van der Waals surface area contributed by atoms with Crippen molar-refractivity contribution in [2.75, 3.05) is 0 Å². The minimum absolute atomic E-state index is 1.31. The van der Waals surface area contributed by atoms with Crippen LogP contribution in [0.3, 0.4) is 0 Å². The molecule has 0 fully saturated rings. The van der Waals surface area contributed by atoms with Crippen LogP contribution in [0.25, 0.3) is 22.3 Å². The van der Waals surface area contributed by atoms with E-state index in [0.29, 0.717) is 0 Å². The molecule has 0 heterocycles. The van der Waals surface area contributed by atoms with Crippen molar-refractivity contribution in [3.8, 4) is 0 Å². The highest BCUT2D eigenvalue weighted by Gasteiger charge is 2.49. The fraction of sp³-hybridized carbons (Fsp3) is 0.196. The lowest BCUT2D eigenvalue weighted by Gasteiger charge is -2.25. The van der Waals surface area contributed by atoms with Gasteiger partial charge in [-0.25, -0.2) is 0 Å². The molecule has 1 radical (unpaired) electrons. The lowest BCUT2D eigenvalue weighted by atomic mass is 9.77. The summed E-state index contributed by atoms with van der Waals surface area (Å²) in [4.78, 5) is 0. The lowest BCUT2D eigenvalue weighted by molar-refractivity contribution is 1.18. The molecule has 225 valence electrons. The van der Waals surface area contributed by atoms with Gasteiger partial charge in [0.2, 0.25) is 0 Å². The Morgan fingerprint density at radius 3 is 0.848 bits per heavy atom. The molecule has 0 saturated heterocycles. The first-order valence-corrected chi connectivity index (χ1v) is 16.6. The molecule has 0 unspecified atom stereocenters.